The number of nitrogens with zero attached hydrogens (tertiary/aromatic N) is 1. The van der Waals surface area contributed by atoms with Crippen LogP contribution in [0, 0.1) is 0 Å². The minimum atomic E-state index is -0.295. The predicted molar refractivity (Wildman–Crippen MR) is 71.4 cm³/mol. The first-order valence-corrected chi connectivity index (χ1v) is 6.47. The van der Waals surface area contributed by atoms with Crippen LogP contribution >= 0.6 is 11.3 Å². The van der Waals surface area contributed by atoms with Gasteiger partial charge in [-0.1, -0.05) is 6.07 Å². The molecular weight excluding hydrogens is 252 g/mol. The van der Waals surface area contributed by atoms with Crippen LogP contribution in [-0.2, 0) is 4.79 Å². The van der Waals surface area contributed by atoms with Gasteiger partial charge in [0.2, 0.25) is 0 Å². The lowest BCUT2D eigenvalue weighted by atomic mass is 10.4. The van der Waals surface area contributed by atoms with E-state index in [2.05, 4.69) is 16.2 Å². The minimum Gasteiger partial charge on any atom is -0.318 e. The summed E-state index contributed by atoms with van der Waals surface area (Å²) < 4.78 is 0. The molecule has 0 saturated carbocycles. The molecule has 0 aliphatic rings. The summed E-state index contributed by atoms with van der Waals surface area (Å²) in [6.45, 7) is 1.82. The topological polar surface area (TPSA) is 73.5 Å². The molecule has 0 aromatic carbocycles. The number of hydrogen-bond acceptors (Lipinski definition) is 5. The van der Waals surface area contributed by atoms with Crippen molar-refractivity contribution in [3.05, 3.63) is 22.4 Å². The van der Waals surface area contributed by atoms with Crippen LogP contribution in [0.25, 0.3) is 0 Å². The Morgan fingerprint density at radius 1 is 1.39 bits per heavy atom. The van der Waals surface area contributed by atoms with Gasteiger partial charge in [-0.3, -0.25) is 25.3 Å². The molecule has 1 aromatic rings. The van der Waals surface area contributed by atoms with Gasteiger partial charge < -0.3 is 5.32 Å². The first kappa shape index (κ1) is 14.6. The minimum absolute atomic E-state index is 0.237. The van der Waals surface area contributed by atoms with Gasteiger partial charge in [-0.15, -0.1) is 11.3 Å². The first-order chi connectivity index (χ1) is 8.63. The number of hydrazine groups is 1. The van der Waals surface area contributed by atoms with Crippen LogP contribution in [0.5, 0.6) is 0 Å². The van der Waals surface area contributed by atoms with E-state index in [1.54, 1.807) is 12.1 Å². The third kappa shape index (κ3) is 5.26. The lowest BCUT2D eigenvalue weighted by Crippen LogP contribution is -2.46. The maximum atomic E-state index is 11.5. The van der Waals surface area contributed by atoms with E-state index in [0.29, 0.717) is 4.88 Å². The smallest absolute Gasteiger partial charge is 0.279 e. The van der Waals surface area contributed by atoms with Crippen LogP contribution in [0.4, 0.5) is 0 Å². The highest BCUT2D eigenvalue weighted by atomic mass is 32.1. The van der Waals surface area contributed by atoms with Crippen LogP contribution < -0.4 is 16.2 Å². The van der Waals surface area contributed by atoms with Crippen molar-refractivity contribution < 1.29 is 9.59 Å². The van der Waals surface area contributed by atoms with Crippen LogP contribution in [0.3, 0.4) is 0 Å². The molecular formula is C11H18N4O2S. The molecule has 0 unspecified atom stereocenters. The zero-order valence-electron chi connectivity index (χ0n) is 10.5. The Bertz CT molecular complexity index is 380. The molecule has 18 heavy (non-hydrogen) atoms. The summed E-state index contributed by atoms with van der Waals surface area (Å²) in [5, 5.41) is 4.81. The molecule has 0 spiro atoms. The zero-order valence-corrected chi connectivity index (χ0v) is 11.3. The van der Waals surface area contributed by atoms with E-state index in [0.717, 1.165) is 13.1 Å². The molecule has 0 bridgehead atoms. The van der Waals surface area contributed by atoms with E-state index in [4.69, 9.17) is 0 Å². The van der Waals surface area contributed by atoms with E-state index in [9.17, 15) is 9.59 Å². The van der Waals surface area contributed by atoms with Crippen molar-refractivity contribution in [2.45, 2.75) is 0 Å². The van der Waals surface area contributed by atoms with Gasteiger partial charge >= 0.3 is 0 Å². The van der Waals surface area contributed by atoms with Gasteiger partial charge in [-0.05, 0) is 25.5 Å². The lowest BCUT2D eigenvalue weighted by Gasteiger charge is -2.15. The van der Waals surface area contributed by atoms with E-state index < -0.39 is 0 Å². The third-order valence-corrected chi connectivity index (χ3v) is 3.09. The highest BCUT2D eigenvalue weighted by molar-refractivity contribution is 7.12. The van der Waals surface area contributed by atoms with E-state index >= 15 is 0 Å². The average molecular weight is 270 g/mol. The van der Waals surface area contributed by atoms with Crippen LogP contribution in [0.1, 0.15) is 9.67 Å². The fraction of sp³-hybridized carbons (Fsp3) is 0.455. The zero-order chi connectivity index (χ0) is 13.4. The van der Waals surface area contributed by atoms with Gasteiger partial charge in [0.05, 0.1) is 11.4 Å². The maximum Gasteiger partial charge on any atom is 0.279 e. The van der Waals surface area contributed by atoms with Crippen molar-refractivity contribution >= 4 is 23.2 Å². The highest BCUT2D eigenvalue weighted by Crippen LogP contribution is 2.06. The Morgan fingerprint density at radius 2 is 2.17 bits per heavy atom. The van der Waals surface area contributed by atoms with Crippen molar-refractivity contribution in [3.8, 4) is 0 Å². The third-order valence-electron chi connectivity index (χ3n) is 2.22. The second-order valence-electron chi connectivity index (χ2n) is 3.82. The molecule has 100 valence electrons. The largest absolute Gasteiger partial charge is 0.318 e. The van der Waals surface area contributed by atoms with Crippen molar-refractivity contribution in [3.63, 3.8) is 0 Å². The SMILES string of the molecule is CNCCN(C)CC(=O)NNC(=O)c1cccs1. The summed E-state index contributed by atoms with van der Waals surface area (Å²) in [5.41, 5.74) is 4.76. The van der Waals surface area contributed by atoms with Crippen molar-refractivity contribution in [1.82, 2.24) is 21.1 Å². The Kier molecular flexibility index (Phi) is 6.34. The van der Waals surface area contributed by atoms with Crippen LogP contribution in [-0.4, -0.2) is 50.4 Å². The molecule has 1 aromatic heterocycles. The summed E-state index contributed by atoms with van der Waals surface area (Å²) in [4.78, 5) is 25.5. The number of amides is 2. The van der Waals surface area contributed by atoms with E-state index in [-0.39, 0.29) is 18.4 Å². The summed E-state index contributed by atoms with van der Waals surface area (Å²) in [6.07, 6.45) is 0. The highest BCUT2D eigenvalue weighted by Gasteiger charge is 2.09. The average Bonchev–Trinajstić information content (AvgIpc) is 2.87. The van der Waals surface area contributed by atoms with Crippen LogP contribution in [0.15, 0.2) is 17.5 Å². The number of rotatable bonds is 6. The van der Waals surface area contributed by atoms with Crippen LogP contribution in [0.2, 0.25) is 0 Å². The van der Waals surface area contributed by atoms with Gasteiger partial charge in [-0.2, -0.15) is 0 Å². The molecule has 1 heterocycles. The van der Waals surface area contributed by atoms with E-state index in [1.807, 2.05) is 24.4 Å². The normalized spacial score (nSPS) is 10.4. The van der Waals surface area contributed by atoms with Crippen molar-refractivity contribution in [2.75, 3.05) is 33.7 Å². The monoisotopic (exact) mass is 270 g/mol. The Morgan fingerprint density at radius 3 is 2.78 bits per heavy atom. The van der Waals surface area contributed by atoms with Gasteiger partial charge in [0.15, 0.2) is 0 Å². The molecule has 0 radical (unpaired) electrons. The fourth-order valence-electron chi connectivity index (χ4n) is 1.26. The van der Waals surface area contributed by atoms with Crippen molar-refractivity contribution in [2.24, 2.45) is 0 Å². The Balaban J connectivity index is 2.22. The number of carbonyl (C=O) groups excluding carboxylic acids is 2. The fourth-order valence-corrected chi connectivity index (χ4v) is 1.88. The van der Waals surface area contributed by atoms with E-state index in [1.165, 1.54) is 11.3 Å². The maximum absolute atomic E-state index is 11.5. The summed E-state index contributed by atoms with van der Waals surface area (Å²) in [6, 6.07) is 3.48. The van der Waals surface area contributed by atoms with Gasteiger partial charge in [0.1, 0.15) is 0 Å². The van der Waals surface area contributed by atoms with Gasteiger partial charge in [-0.25, -0.2) is 0 Å². The number of nitrogens with one attached hydrogen (secondary N) is 3. The van der Waals surface area contributed by atoms with Crippen molar-refractivity contribution in [1.29, 1.82) is 0 Å². The second kappa shape index (κ2) is 7.80. The number of carbonyl (C=O) groups is 2. The standard InChI is InChI=1S/C11H18N4O2S/c1-12-5-6-15(2)8-10(16)13-14-11(17)9-4-3-7-18-9/h3-4,7,12H,5-6,8H2,1-2H3,(H,13,16)(H,14,17). The molecule has 0 aliphatic heterocycles. The molecule has 1 rings (SSSR count). The molecule has 0 fully saturated rings. The molecule has 0 saturated heterocycles. The molecule has 6 nitrogen and oxygen atoms in total. The summed E-state index contributed by atoms with van der Waals surface area (Å²) in [5.74, 6) is -0.533. The predicted octanol–water partition coefficient (Wildman–Crippen LogP) is -0.340. The molecule has 0 aliphatic carbocycles. The number of hydrogen-bond donors (Lipinski definition) is 3. The first-order valence-electron chi connectivity index (χ1n) is 5.59. The Hall–Kier alpha value is -1.44. The molecule has 7 heteroatoms. The number of thiophene rings is 1. The van der Waals surface area contributed by atoms with Gasteiger partial charge in [0.25, 0.3) is 11.8 Å². The molecule has 3 N–H and O–H groups in total. The lowest BCUT2D eigenvalue weighted by molar-refractivity contribution is -0.122. The second-order valence-corrected chi connectivity index (χ2v) is 4.77. The summed E-state index contributed by atoms with van der Waals surface area (Å²) >= 11 is 1.33. The molecule has 2 amide bonds. The summed E-state index contributed by atoms with van der Waals surface area (Å²) in [7, 11) is 3.70. The Labute approximate surface area is 110 Å². The van der Waals surface area contributed by atoms with Gasteiger partial charge in [0, 0.05) is 13.1 Å². The number of likely N-dealkylation sites (N-methyl/N-ethyl adjacent to an activating group) is 2. The quantitative estimate of drug-likeness (QED) is 0.618. The molecule has 0 atom stereocenters.